The molecule has 5 aliphatic rings. The largest absolute Gasteiger partial charge is 0.512 e. The van der Waals surface area contributed by atoms with Gasteiger partial charge in [0, 0.05) is 7.11 Å². The summed E-state index contributed by atoms with van der Waals surface area (Å²) >= 11 is 0. The van der Waals surface area contributed by atoms with Crippen LogP contribution in [0, 0.1) is 56.2 Å². The topological polar surface area (TPSA) is 49.7 Å². The van der Waals surface area contributed by atoms with Crippen molar-refractivity contribution >= 4 is 0 Å². The minimum Gasteiger partial charge on any atom is -0.512 e. The van der Waals surface area contributed by atoms with Crippen LogP contribution in [-0.4, -0.2) is 30.0 Å². The van der Waals surface area contributed by atoms with Gasteiger partial charge in [-0.1, -0.05) is 48.5 Å². The molecule has 10 atom stereocenters. The maximum Gasteiger partial charge on any atom is 0.0967 e. The van der Waals surface area contributed by atoms with E-state index in [9.17, 15) is 10.2 Å². The van der Waals surface area contributed by atoms with Crippen molar-refractivity contribution < 1.29 is 14.9 Å². The monoisotopic (exact) mass is 472 g/mol. The number of hydrogen-bond acceptors (Lipinski definition) is 3. The molecule has 5 rings (SSSR count). The Kier molecular flexibility index (Phi) is 5.54. The number of aliphatic hydroxyl groups excluding tert-OH is 2. The molecule has 0 aromatic carbocycles. The van der Waals surface area contributed by atoms with Gasteiger partial charge in [-0.05, 0) is 115 Å². The second-order valence-corrected chi connectivity index (χ2v) is 15.4. The first kappa shape index (κ1) is 25.1. The van der Waals surface area contributed by atoms with Crippen LogP contribution < -0.4 is 0 Å². The number of fused-ring (bicyclic) bond motifs is 7. The minimum atomic E-state index is -0.490. The summed E-state index contributed by atoms with van der Waals surface area (Å²) in [6.45, 7) is 17.5. The number of aliphatic hydroxyl groups is 2. The van der Waals surface area contributed by atoms with Crippen LogP contribution in [0.2, 0.25) is 0 Å². The summed E-state index contributed by atoms with van der Waals surface area (Å²) in [5, 5.41) is 21.2. The number of hydrogen-bond donors (Lipinski definition) is 2. The van der Waals surface area contributed by atoms with Gasteiger partial charge in [-0.25, -0.2) is 0 Å². The standard InChI is InChI=1S/C31H52O3/c1-26(2)17-21-20-9-10-23-28(4)13-12-24(33)29(5,19-32)22(28)11-14-31(23,7)30(20,6)16-15-27(21,3)25(18-26)34-8/h12,20-23,25,32-33H,9-11,13-19H2,1-8H3/t20-,21-,22?,23-,25-,27-,28+,29?,30-,31-/m1/s1. The van der Waals surface area contributed by atoms with Gasteiger partial charge in [0.15, 0.2) is 0 Å². The Balaban J connectivity index is 1.54. The maximum atomic E-state index is 10.8. The van der Waals surface area contributed by atoms with E-state index in [0.717, 1.165) is 24.7 Å². The fraction of sp³-hybridized carbons (Fsp3) is 0.935. The van der Waals surface area contributed by atoms with E-state index in [2.05, 4.69) is 54.5 Å². The van der Waals surface area contributed by atoms with Gasteiger partial charge < -0.3 is 14.9 Å². The van der Waals surface area contributed by atoms with Gasteiger partial charge in [-0.3, -0.25) is 0 Å². The Morgan fingerprint density at radius 2 is 1.53 bits per heavy atom. The molecule has 4 fully saturated rings. The lowest BCUT2D eigenvalue weighted by atomic mass is 9.31. The molecule has 3 nitrogen and oxygen atoms in total. The fourth-order valence-electron chi connectivity index (χ4n) is 11.4. The molecule has 0 aromatic rings. The lowest BCUT2D eigenvalue weighted by Gasteiger charge is -2.73. The SMILES string of the molecule is CO[C@@H]1CC(C)(C)C[C@@H]2[C@H]3CC[C@@H]4[C@@]5(C)CC=C(O)C(C)(CO)C5CC[C@@]4(C)[C@]3(C)CC[C@]21C. The first-order chi connectivity index (χ1) is 15.7. The van der Waals surface area contributed by atoms with Crippen molar-refractivity contribution in [2.45, 2.75) is 112 Å². The van der Waals surface area contributed by atoms with Crippen LogP contribution in [0.3, 0.4) is 0 Å². The van der Waals surface area contributed by atoms with Crippen LogP contribution >= 0.6 is 0 Å². The van der Waals surface area contributed by atoms with Crippen molar-refractivity contribution in [3.05, 3.63) is 11.8 Å². The predicted molar refractivity (Wildman–Crippen MR) is 138 cm³/mol. The summed E-state index contributed by atoms with van der Waals surface area (Å²) in [6.07, 6.45) is 13.5. The van der Waals surface area contributed by atoms with Gasteiger partial charge in [0.25, 0.3) is 0 Å². The van der Waals surface area contributed by atoms with Crippen LogP contribution in [0.5, 0.6) is 0 Å². The molecule has 3 heteroatoms. The van der Waals surface area contributed by atoms with Gasteiger partial charge >= 0.3 is 0 Å². The molecule has 0 aliphatic heterocycles. The van der Waals surface area contributed by atoms with Crippen LogP contribution in [0.15, 0.2) is 11.8 Å². The van der Waals surface area contributed by atoms with E-state index in [1.165, 1.54) is 44.9 Å². The Morgan fingerprint density at radius 3 is 2.18 bits per heavy atom. The van der Waals surface area contributed by atoms with Gasteiger partial charge in [0.1, 0.15) is 0 Å². The minimum absolute atomic E-state index is 0.0484. The van der Waals surface area contributed by atoms with Crippen molar-refractivity contribution in [2.75, 3.05) is 13.7 Å². The fourth-order valence-corrected chi connectivity index (χ4v) is 11.4. The van der Waals surface area contributed by atoms with Crippen molar-refractivity contribution in [3.8, 4) is 0 Å². The van der Waals surface area contributed by atoms with Gasteiger partial charge in [-0.15, -0.1) is 0 Å². The zero-order chi connectivity index (χ0) is 24.9. The highest BCUT2D eigenvalue weighted by atomic mass is 16.5. The van der Waals surface area contributed by atoms with E-state index < -0.39 is 5.41 Å². The third-order valence-corrected chi connectivity index (χ3v) is 13.7. The Morgan fingerprint density at radius 1 is 0.824 bits per heavy atom. The average Bonchev–Trinajstić information content (AvgIpc) is 2.77. The molecule has 0 amide bonds. The summed E-state index contributed by atoms with van der Waals surface area (Å²) in [5.41, 5.74) is 0.956. The van der Waals surface area contributed by atoms with Crippen LogP contribution in [-0.2, 0) is 4.74 Å². The third-order valence-electron chi connectivity index (χ3n) is 13.7. The smallest absolute Gasteiger partial charge is 0.0967 e. The first-order valence-corrected chi connectivity index (χ1v) is 14.3. The molecule has 0 heterocycles. The van der Waals surface area contributed by atoms with E-state index in [0.29, 0.717) is 45.4 Å². The molecule has 0 saturated heterocycles. The average molecular weight is 473 g/mol. The molecule has 2 unspecified atom stereocenters. The molecule has 0 aromatic heterocycles. The zero-order valence-corrected chi connectivity index (χ0v) is 23.3. The number of allylic oxidation sites excluding steroid dienone is 1. The van der Waals surface area contributed by atoms with Gasteiger partial charge in [-0.2, -0.15) is 0 Å². The lowest BCUT2D eigenvalue weighted by molar-refractivity contribution is -0.254. The highest BCUT2D eigenvalue weighted by molar-refractivity contribution is 5.24. The molecule has 34 heavy (non-hydrogen) atoms. The van der Waals surface area contributed by atoms with E-state index >= 15 is 0 Å². The second-order valence-electron chi connectivity index (χ2n) is 15.4. The van der Waals surface area contributed by atoms with Crippen molar-refractivity contribution in [3.63, 3.8) is 0 Å². The molecule has 2 N–H and O–H groups in total. The lowest BCUT2D eigenvalue weighted by Crippen LogP contribution is -2.67. The zero-order valence-electron chi connectivity index (χ0n) is 23.3. The molecule has 0 spiro atoms. The van der Waals surface area contributed by atoms with Crippen LogP contribution in [0.1, 0.15) is 106 Å². The van der Waals surface area contributed by atoms with Crippen molar-refractivity contribution in [1.29, 1.82) is 0 Å². The van der Waals surface area contributed by atoms with E-state index in [1.807, 2.05) is 7.11 Å². The van der Waals surface area contributed by atoms with Crippen molar-refractivity contribution in [2.24, 2.45) is 56.2 Å². The molecule has 0 radical (unpaired) electrons. The Bertz CT molecular complexity index is 863. The van der Waals surface area contributed by atoms with Crippen molar-refractivity contribution in [1.82, 2.24) is 0 Å². The second kappa shape index (κ2) is 7.50. The molecular formula is C31H52O3. The highest BCUT2D eigenvalue weighted by Crippen LogP contribution is 2.76. The van der Waals surface area contributed by atoms with Crippen LogP contribution in [0.4, 0.5) is 0 Å². The molecule has 5 aliphatic carbocycles. The molecule has 4 saturated carbocycles. The summed E-state index contributed by atoms with van der Waals surface area (Å²) in [7, 11) is 1.95. The summed E-state index contributed by atoms with van der Waals surface area (Å²) in [5.74, 6) is 2.94. The van der Waals surface area contributed by atoms with E-state index in [4.69, 9.17) is 4.74 Å². The van der Waals surface area contributed by atoms with Gasteiger partial charge in [0.2, 0.25) is 0 Å². The third kappa shape index (κ3) is 2.95. The summed E-state index contributed by atoms with van der Waals surface area (Å²) in [6, 6.07) is 0. The molecule has 194 valence electrons. The maximum absolute atomic E-state index is 10.8. The highest BCUT2D eigenvalue weighted by Gasteiger charge is 2.70. The number of methoxy groups -OCH3 is 1. The quantitative estimate of drug-likeness (QED) is 0.436. The Hall–Kier alpha value is -0.540. The van der Waals surface area contributed by atoms with Gasteiger partial charge in [0.05, 0.1) is 23.9 Å². The van der Waals surface area contributed by atoms with Crippen LogP contribution in [0.25, 0.3) is 0 Å². The number of ether oxygens (including phenoxy) is 1. The first-order valence-electron chi connectivity index (χ1n) is 14.3. The van der Waals surface area contributed by atoms with E-state index in [-0.39, 0.29) is 12.0 Å². The summed E-state index contributed by atoms with van der Waals surface area (Å²) in [4.78, 5) is 0. The summed E-state index contributed by atoms with van der Waals surface area (Å²) < 4.78 is 6.22. The molecule has 0 bridgehead atoms. The molecular weight excluding hydrogens is 420 g/mol. The predicted octanol–water partition coefficient (Wildman–Crippen LogP) is 7.54. The normalized spacial score (nSPS) is 56.4. The Labute approximate surface area is 209 Å². The van der Waals surface area contributed by atoms with E-state index in [1.54, 1.807) is 0 Å². The number of rotatable bonds is 2.